The number of aromatic amines is 2. The molecular weight excluding hydrogens is 298 g/mol. The number of H-pyrrole nitrogens is 2. The molecule has 1 fully saturated rings. The van der Waals surface area contributed by atoms with Crippen LogP contribution in [-0.4, -0.2) is 30.7 Å². The van der Waals surface area contributed by atoms with Gasteiger partial charge in [-0.3, -0.25) is 14.8 Å². The Labute approximate surface area is 132 Å². The van der Waals surface area contributed by atoms with Crippen LogP contribution in [0.25, 0.3) is 0 Å². The average molecular weight is 317 g/mol. The van der Waals surface area contributed by atoms with Crippen LogP contribution in [0.2, 0.25) is 0 Å². The first-order chi connectivity index (χ1) is 11.1. The number of hydrogen-bond donors (Lipinski definition) is 2. The number of nitrogens with one attached hydrogen (secondary N) is 2. The van der Waals surface area contributed by atoms with Crippen molar-refractivity contribution in [1.29, 1.82) is 0 Å². The maximum atomic E-state index is 11.6. The Balaban J connectivity index is 2.05. The summed E-state index contributed by atoms with van der Waals surface area (Å²) < 4.78 is 10.8. The molecule has 1 aromatic heterocycles. The lowest BCUT2D eigenvalue weighted by atomic mass is 10.0. The summed E-state index contributed by atoms with van der Waals surface area (Å²) in [7, 11) is 3.24. The van der Waals surface area contributed by atoms with Gasteiger partial charge < -0.3 is 14.4 Å². The quantitative estimate of drug-likeness (QED) is 0.890. The Hall–Kier alpha value is -2.70. The SMILES string of the molecule is COc1ccc(OC)c(C2CCCN2c2cc(=O)[nH]c(=O)[nH]2)c1. The fraction of sp³-hybridized carbons (Fsp3) is 0.375. The summed E-state index contributed by atoms with van der Waals surface area (Å²) >= 11 is 0. The Morgan fingerprint density at radius 1 is 1.13 bits per heavy atom. The van der Waals surface area contributed by atoms with Crippen LogP contribution in [0.3, 0.4) is 0 Å². The number of anilines is 1. The Morgan fingerprint density at radius 2 is 1.96 bits per heavy atom. The maximum absolute atomic E-state index is 11.6. The van der Waals surface area contributed by atoms with E-state index >= 15 is 0 Å². The average Bonchev–Trinajstić information content (AvgIpc) is 3.02. The van der Waals surface area contributed by atoms with Crippen molar-refractivity contribution in [2.45, 2.75) is 18.9 Å². The van der Waals surface area contributed by atoms with E-state index in [4.69, 9.17) is 9.47 Å². The predicted octanol–water partition coefficient (Wildman–Crippen LogP) is 1.42. The van der Waals surface area contributed by atoms with Crippen molar-refractivity contribution >= 4 is 5.82 Å². The van der Waals surface area contributed by atoms with Gasteiger partial charge >= 0.3 is 5.69 Å². The highest BCUT2D eigenvalue weighted by Gasteiger charge is 2.29. The van der Waals surface area contributed by atoms with Gasteiger partial charge in [0.1, 0.15) is 17.3 Å². The number of hydrogen-bond acceptors (Lipinski definition) is 5. The van der Waals surface area contributed by atoms with Gasteiger partial charge in [0.15, 0.2) is 0 Å². The molecule has 1 unspecified atom stereocenters. The highest BCUT2D eigenvalue weighted by molar-refractivity contribution is 5.49. The Kier molecular flexibility index (Phi) is 4.10. The number of ether oxygens (including phenoxy) is 2. The summed E-state index contributed by atoms with van der Waals surface area (Å²) in [6.45, 7) is 0.754. The van der Waals surface area contributed by atoms with E-state index in [1.807, 2.05) is 23.1 Å². The maximum Gasteiger partial charge on any atom is 0.327 e. The molecule has 2 aromatic rings. The Morgan fingerprint density at radius 3 is 2.65 bits per heavy atom. The van der Waals surface area contributed by atoms with E-state index in [1.54, 1.807) is 14.2 Å². The van der Waals surface area contributed by atoms with Crippen LogP contribution in [0.15, 0.2) is 33.9 Å². The summed E-state index contributed by atoms with van der Waals surface area (Å²) in [6.07, 6.45) is 1.86. The van der Waals surface area contributed by atoms with Crippen molar-refractivity contribution in [2.75, 3.05) is 25.7 Å². The van der Waals surface area contributed by atoms with Gasteiger partial charge in [-0.2, -0.15) is 0 Å². The van der Waals surface area contributed by atoms with E-state index in [2.05, 4.69) is 9.97 Å². The van der Waals surface area contributed by atoms with Crippen LogP contribution >= 0.6 is 0 Å². The van der Waals surface area contributed by atoms with Crippen molar-refractivity contribution in [2.24, 2.45) is 0 Å². The van der Waals surface area contributed by atoms with Crippen LogP contribution in [0, 0.1) is 0 Å². The molecule has 0 spiro atoms. The third kappa shape index (κ3) is 2.94. The third-order valence-corrected chi connectivity index (χ3v) is 4.10. The second-order valence-electron chi connectivity index (χ2n) is 5.43. The minimum absolute atomic E-state index is 0.0116. The van der Waals surface area contributed by atoms with E-state index < -0.39 is 11.2 Å². The van der Waals surface area contributed by atoms with Crippen LogP contribution in [0.1, 0.15) is 24.4 Å². The van der Waals surface area contributed by atoms with E-state index in [0.29, 0.717) is 5.82 Å². The number of nitrogens with zero attached hydrogens (tertiary/aromatic N) is 1. The summed E-state index contributed by atoms with van der Waals surface area (Å²) in [5.41, 5.74) is 0.0632. The monoisotopic (exact) mass is 317 g/mol. The van der Waals surface area contributed by atoms with Crippen LogP contribution in [0.5, 0.6) is 11.5 Å². The van der Waals surface area contributed by atoms with Gasteiger partial charge in [-0.25, -0.2) is 4.79 Å². The molecular formula is C16H19N3O4. The molecule has 1 aromatic carbocycles. The first-order valence-corrected chi connectivity index (χ1v) is 7.44. The van der Waals surface area contributed by atoms with Crippen molar-refractivity contribution in [3.8, 4) is 11.5 Å². The first kappa shape index (κ1) is 15.2. The molecule has 7 nitrogen and oxygen atoms in total. The molecule has 1 atom stereocenters. The van der Waals surface area contributed by atoms with Crippen molar-refractivity contribution in [3.63, 3.8) is 0 Å². The van der Waals surface area contributed by atoms with Crippen LogP contribution in [0.4, 0.5) is 5.82 Å². The van der Waals surface area contributed by atoms with E-state index in [-0.39, 0.29) is 6.04 Å². The molecule has 7 heteroatoms. The zero-order valence-electron chi connectivity index (χ0n) is 13.1. The highest BCUT2D eigenvalue weighted by Crippen LogP contribution is 2.40. The minimum atomic E-state index is -0.504. The summed E-state index contributed by atoms with van der Waals surface area (Å²) in [5.74, 6) is 2.02. The molecule has 0 aliphatic carbocycles. The third-order valence-electron chi connectivity index (χ3n) is 4.10. The van der Waals surface area contributed by atoms with E-state index in [9.17, 15) is 9.59 Å². The second kappa shape index (κ2) is 6.20. The molecule has 1 aliphatic heterocycles. The summed E-state index contributed by atoms with van der Waals surface area (Å²) in [5, 5.41) is 0. The smallest absolute Gasteiger partial charge is 0.327 e. The second-order valence-corrected chi connectivity index (χ2v) is 5.43. The number of benzene rings is 1. The predicted molar refractivity (Wildman–Crippen MR) is 86.6 cm³/mol. The van der Waals surface area contributed by atoms with Crippen LogP contribution in [-0.2, 0) is 0 Å². The minimum Gasteiger partial charge on any atom is -0.497 e. The lowest BCUT2D eigenvalue weighted by Crippen LogP contribution is -2.30. The van der Waals surface area contributed by atoms with Gasteiger partial charge in [0, 0.05) is 18.2 Å². The normalized spacial score (nSPS) is 17.3. The van der Waals surface area contributed by atoms with Crippen molar-refractivity contribution < 1.29 is 9.47 Å². The molecule has 23 heavy (non-hydrogen) atoms. The summed E-state index contributed by atoms with van der Waals surface area (Å²) in [6, 6.07) is 7.07. The summed E-state index contributed by atoms with van der Waals surface area (Å²) in [4.78, 5) is 30.1. The van der Waals surface area contributed by atoms with Gasteiger partial charge in [-0.05, 0) is 31.0 Å². The first-order valence-electron chi connectivity index (χ1n) is 7.44. The molecule has 2 heterocycles. The molecule has 1 saturated heterocycles. The highest BCUT2D eigenvalue weighted by atomic mass is 16.5. The number of aromatic nitrogens is 2. The molecule has 0 radical (unpaired) electrons. The van der Waals surface area contributed by atoms with Crippen LogP contribution < -0.4 is 25.6 Å². The zero-order chi connectivity index (χ0) is 16.4. The van der Waals surface area contributed by atoms with Crippen molar-refractivity contribution in [3.05, 3.63) is 50.7 Å². The standard InChI is InChI=1S/C16H19N3O4/c1-22-10-5-6-13(23-2)11(8-10)12-4-3-7-19(12)14-9-15(20)18-16(21)17-14/h5-6,8-9,12H,3-4,7H2,1-2H3,(H2,17,18,20,21). The van der Waals surface area contributed by atoms with Gasteiger partial charge in [-0.15, -0.1) is 0 Å². The van der Waals surface area contributed by atoms with Gasteiger partial charge in [0.25, 0.3) is 5.56 Å². The molecule has 122 valence electrons. The largest absolute Gasteiger partial charge is 0.497 e. The lowest BCUT2D eigenvalue weighted by Gasteiger charge is -2.27. The molecule has 2 N–H and O–H groups in total. The topological polar surface area (TPSA) is 87.4 Å². The fourth-order valence-corrected chi connectivity index (χ4v) is 3.09. The number of rotatable bonds is 4. The van der Waals surface area contributed by atoms with Gasteiger partial charge in [-0.1, -0.05) is 0 Å². The fourth-order valence-electron chi connectivity index (χ4n) is 3.09. The lowest BCUT2D eigenvalue weighted by molar-refractivity contribution is 0.395. The zero-order valence-corrected chi connectivity index (χ0v) is 13.1. The van der Waals surface area contributed by atoms with Gasteiger partial charge in [0.2, 0.25) is 0 Å². The Bertz CT molecular complexity index is 783. The molecule has 0 amide bonds. The molecule has 3 rings (SSSR count). The van der Waals surface area contributed by atoms with Crippen molar-refractivity contribution in [1.82, 2.24) is 9.97 Å². The van der Waals surface area contributed by atoms with E-state index in [0.717, 1.165) is 36.4 Å². The molecule has 0 saturated carbocycles. The number of methoxy groups -OCH3 is 2. The van der Waals surface area contributed by atoms with Gasteiger partial charge in [0.05, 0.1) is 20.3 Å². The molecule has 1 aliphatic rings. The molecule has 0 bridgehead atoms. The van der Waals surface area contributed by atoms with E-state index in [1.165, 1.54) is 6.07 Å².